The molecule has 2 saturated heterocycles. The van der Waals surface area contributed by atoms with Crippen molar-refractivity contribution in [2.24, 2.45) is 11.1 Å². The van der Waals surface area contributed by atoms with E-state index in [-0.39, 0.29) is 24.8 Å². The number of piperidine rings is 2. The smallest absolute Gasteiger partial charge is 0.222 e. The summed E-state index contributed by atoms with van der Waals surface area (Å²) in [6, 6.07) is 8.86. The van der Waals surface area contributed by atoms with Crippen LogP contribution in [0.1, 0.15) is 36.8 Å². The fourth-order valence-corrected chi connectivity index (χ4v) is 4.53. The van der Waals surface area contributed by atoms with Crippen molar-refractivity contribution >= 4 is 30.7 Å². The third-order valence-corrected chi connectivity index (χ3v) is 6.31. The van der Waals surface area contributed by atoms with Crippen LogP contribution in [0.25, 0.3) is 0 Å². The fraction of sp³-hybridized carbons (Fsp3) is 0.682. The van der Waals surface area contributed by atoms with Gasteiger partial charge < -0.3 is 15.5 Å². The van der Waals surface area contributed by atoms with Crippen molar-refractivity contribution in [2.45, 2.75) is 38.6 Å². The molecule has 0 aliphatic carbocycles. The van der Waals surface area contributed by atoms with Crippen LogP contribution in [0, 0.1) is 5.41 Å². The highest BCUT2D eigenvalue weighted by atomic mass is 35.5. The standard InChI is InChI=1S/C22H36N4O.2ClH/c1-24(2)14-15-26-18-22(8-6-21(26)27)9-12-25(13-10-22)17-20-5-3-4-19(16-20)7-11-23;;/h3-5,16H,6-15,17-18,23H2,1-2H3;2*1H. The van der Waals surface area contributed by atoms with E-state index < -0.39 is 0 Å². The van der Waals surface area contributed by atoms with Crippen molar-refractivity contribution in [2.75, 3.05) is 53.4 Å². The van der Waals surface area contributed by atoms with Crippen LogP contribution in [0.4, 0.5) is 0 Å². The Morgan fingerprint density at radius 1 is 1.10 bits per heavy atom. The van der Waals surface area contributed by atoms with Crippen molar-refractivity contribution < 1.29 is 4.79 Å². The molecule has 7 heteroatoms. The lowest BCUT2D eigenvalue weighted by Crippen LogP contribution is -2.52. The predicted molar refractivity (Wildman–Crippen MR) is 125 cm³/mol. The second-order valence-corrected chi connectivity index (χ2v) is 8.75. The quantitative estimate of drug-likeness (QED) is 0.702. The van der Waals surface area contributed by atoms with Crippen LogP contribution >= 0.6 is 24.8 Å². The number of carbonyl (C=O) groups is 1. The maximum absolute atomic E-state index is 12.3. The Labute approximate surface area is 188 Å². The van der Waals surface area contributed by atoms with E-state index in [2.05, 4.69) is 53.1 Å². The predicted octanol–water partition coefficient (Wildman–Crippen LogP) is 2.80. The van der Waals surface area contributed by atoms with Crippen LogP contribution in [-0.2, 0) is 17.8 Å². The lowest BCUT2D eigenvalue weighted by atomic mass is 9.72. The number of likely N-dealkylation sites (N-methyl/N-ethyl adjacent to an activating group) is 1. The summed E-state index contributed by atoms with van der Waals surface area (Å²) in [6.07, 6.45) is 5.18. The minimum Gasteiger partial charge on any atom is -0.341 e. The number of amides is 1. The van der Waals surface area contributed by atoms with E-state index in [1.165, 1.54) is 24.0 Å². The zero-order valence-corrected chi connectivity index (χ0v) is 19.6. The summed E-state index contributed by atoms with van der Waals surface area (Å²) in [5.41, 5.74) is 8.77. The van der Waals surface area contributed by atoms with Gasteiger partial charge in [-0.1, -0.05) is 24.3 Å². The van der Waals surface area contributed by atoms with Crippen molar-refractivity contribution in [3.05, 3.63) is 35.4 Å². The van der Waals surface area contributed by atoms with Gasteiger partial charge in [-0.25, -0.2) is 0 Å². The molecule has 166 valence electrons. The van der Waals surface area contributed by atoms with Gasteiger partial charge in [0.1, 0.15) is 0 Å². The van der Waals surface area contributed by atoms with Gasteiger partial charge in [0.05, 0.1) is 0 Å². The molecule has 2 N–H and O–H groups in total. The first-order chi connectivity index (χ1) is 13.0. The molecule has 1 amide bonds. The number of hydrogen-bond donors (Lipinski definition) is 1. The lowest BCUT2D eigenvalue weighted by molar-refractivity contribution is -0.139. The molecule has 3 rings (SSSR count). The Kier molecular flexibility index (Phi) is 10.9. The molecule has 1 spiro atoms. The van der Waals surface area contributed by atoms with Gasteiger partial charge in [-0.3, -0.25) is 9.69 Å². The molecule has 0 bridgehead atoms. The van der Waals surface area contributed by atoms with Gasteiger partial charge in [0.15, 0.2) is 0 Å². The van der Waals surface area contributed by atoms with E-state index >= 15 is 0 Å². The van der Waals surface area contributed by atoms with E-state index in [9.17, 15) is 4.79 Å². The summed E-state index contributed by atoms with van der Waals surface area (Å²) in [4.78, 5) is 19.2. The maximum Gasteiger partial charge on any atom is 0.222 e. The van der Waals surface area contributed by atoms with Crippen molar-refractivity contribution in [3.8, 4) is 0 Å². The lowest BCUT2D eigenvalue weighted by Gasteiger charge is -2.47. The van der Waals surface area contributed by atoms with E-state index in [1.54, 1.807) is 0 Å². The highest BCUT2D eigenvalue weighted by Crippen LogP contribution is 2.40. The van der Waals surface area contributed by atoms with Gasteiger partial charge >= 0.3 is 0 Å². The van der Waals surface area contributed by atoms with E-state index in [0.717, 1.165) is 58.5 Å². The largest absolute Gasteiger partial charge is 0.341 e. The average molecular weight is 445 g/mol. The first-order valence-electron chi connectivity index (χ1n) is 10.4. The van der Waals surface area contributed by atoms with Crippen LogP contribution in [0.5, 0.6) is 0 Å². The van der Waals surface area contributed by atoms with E-state index in [1.807, 2.05) is 0 Å². The molecular weight excluding hydrogens is 407 g/mol. The molecule has 29 heavy (non-hydrogen) atoms. The number of nitrogens with two attached hydrogens (primary N) is 1. The summed E-state index contributed by atoms with van der Waals surface area (Å²) in [7, 11) is 4.15. The Morgan fingerprint density at radius 3 is 2.45 bits per heavy atom. The van der Waals surface area contributed by atoms with Gasteiger partial charge in [0.25, 0.3) is 0 Å². The van der Waals surface area contributed by atoms with Crippen LogP contribution in [0.3, 0.4) is 0 Å². The Bertz CT molecular complexity index is 633. The number of nitrogens with zero attached hydrogens (tertiary/aromatic N) is 3. The average Bonchev–Trinajstić information content (AvgIpc) is 2.65. The number of likely N-dealkylation sites (tertiary alicyclic amines) is 2. The fourth-order valence-electron chi connectivity index (χ4n) is 4.53. The summed E-state index contributed by atoms with van der Waals surface area (Å²) in [5.74, 6) is 0.349. The highest BCUT2D eigenvalue weighted by molar-refractivity contribution is 5.85. The third kappa shape index (κ3) is 7.41. The zero-order chi connectivity index (χ0) is 19.3. The van der Waals surface area contributed by atoms with E-state index in [0.29, 0.717) is 17.9 Å². The molecule has 0 atom stereocenters. The minimum atomic E-state index is 0. The normalized spacial score (nSPS) is 19.2. The van der Waals surface area contributed by atoms with Gasteiger partial charge in [-0.2, -0.15) is 0 Å². The summed E-state index contributed by atoms with van der Waals surface area (Å²) >= 11 is 0. The van der Waals surface area contributed by atoms with Crippen LogP contribution < -0.4 is 5.73 Å². The first kappa shape index (κ1) is 26.2. The van der Waals surface area contributed by atoms with Crippen molar-refractivity contribution in [1.29, 1.82) is 0 Å². The molecule has 2 fully saturated rings. The number of benzene rings is 1. The summed E-state index contributed by atoms with van der Waals surface area (Å²) in [5, 5.41) is 0. The molecule has 0 aromatic heterocycles. The molecular formula is C22H38Cl2N4O. The monoisotopic (exact) mass is 444 g/mol. The molecule has 1 aromatic carbocycles. The second kappa shape index (κ2) is 12.1. The number of halogens is 2. The SMILES string of the molecule is CN(C)CCN1CC2(CCC1=O)CCN(Cc1cccc(CCN)c1)CC2.Cl.Cl. The van der Waals surface area contributed by atoms with Crippen LogP contribution in [0.15, 0.2) is 24.3 Å². The number of hydrogen-bond acceptors (Lipinski definition) is 4. The molecule has 2 heterocycles. The molecule has 0 radical (unpaired) electrons. The van der Waals surface area contributed by atoms with Gasteiger partial charge in [0, 0.05) is 32.6 Å². The van der Waals surface area contributed by atoms with Crippen LogP contribution in [-0.4, -0.2) is 74.0 Å². The van der Waals surface area contributed by atoms with Crippen LogP contribution in [0.2, 0.25) is 0 Å². The summed E-state index contributed by atoms with van der Waals surface area (Å²) in [6.45, 7) is 6.78. The first-order valence-corrected chi connectivity index (χ1v) is 10.4. The number of carbonyl (C=O) groups excluding carboxylic acids is 1. The van der Waals surface area contributed by atoms with Gasteiger partial charge in [0.2, 0.25) is 5.91 Å². The molecule has 0 saturated carbocycles. The Hall–Kier alpha value is -0.850. The topological polar surface area (TPSA) is 52.8 Å². The van der Waals surface area contributed by atoms with E-state index in [4.69, 9.17) is 5.73 Å². The van der Waals surface area contributed by atoms with Crippen molar-refractivity contribution in [3.63, 3.8) is 0 Å². The molecule has 2 aliphatic rings. The number of rotatable bonds is 7. The third-order valence-electron chi connectivity index (χ3n) is 6.31. The second-order valence-electron chi connectivity index (χ2n) is 8.75. The molecule has 5 nitrogen and oxygen atoms in total. The maximum atomic E-state index is 12.3. The molecule has 1 aromatic rings. The Morgan fingerprint density at radius 2 is 1.79 bits per heavy atom. The van der Waals surface area contributed by atoms with Crippen molar-refractivity contribution in [1.82, 2.24) is 14.7 Å². The highest BCUT2D eigenvalue weighted by Gasteiger charge is 2.40. The summed E-state index contributed by atoms with van der Waals surface area (Å²) < 4.78 is 0. The Balaban J connectivity index is 0.00000210. The molecule has 0 unspecified atom stereocenters. The minimum absolute atomic E-state index is 0. The van der Waals surface area contributed by atoms with Gasteiger partial charge in [-0.05, 0) is 76.0 Å². The molecule has 2 aliphatic heterocycles. The van der Waals surface area contributed by atoms with Gasteiger partial charge in [-0.15, -0.1) is 24.8 Å². The zero-order valence-electron chi connectivity index (χ0n) is 17.9.